The van der Waals surface area contributed by atoms with Crippen molar-refractivity contribution in [2.24, 2.45) is 0 Å². The summed E-state index contributed by atoms with van der Waals surface area (Å²) in [6.45, 7) is 1.01. The van der Waals surface area contributed by atoms with Gasteiger partial charge in [0.15, 0.2) is 0 Å². The van der Waals surface area contributed by atoms with Crippen molar-refractivity contribution < 1.29 is 0 Å². The molecule has 0 spiro atoms. The smallest absolute Gasteiger partial charge is 0.0361 e. The fourth-order valence-corrected chi connectivity index (χ4v) is 1.12. The second kappa shape index (κ2) is 2.80. The lowest BCUT2D eigenvalue weighted by molar-refractivity contribution is 0.538. The zero-order valence-corrected chi connectivity index (χ0v) is 6.27. The van der Waals surface area contributed by atoms with Crippen LogP contribution in [0.4, 0.5) is 0 Å². The summed E-state index contributed by atoms with van der Waals surface area (Å²) in [7, 11) is 0. The van der Waals surface area contributed by atoms with Gasteiger partial charge in [-0.1, -0.05) is 6.08 Å². The first kappa shape index (κ1) is 6.49. The van der Waals surface area contributed by atoms with Gasteiger partial charge < -0.3 is 0 Å². The third-order valence-electron chi connectivity index (χ3n) is 1.67. The van der Waals surface area contributed by atoms with Crippen LogP contribution in [-0.4, -0.2) is 11.2 Å². The van der Waals surface area contributed by atoms with Crippen molar-refractivity contribution in [3.05, 3.63) is 36.8 Å². The van der Waals surface area contributed by atoms with Crippen LogP contribution in [0.3, 0.4) is 0 Å². The minimum atomic E-state index is 1.01. The third-order valence-corrected chi connectivity index (χ3v) is 1.67. The number of hydrogen-bond acceptors (Lipinski definition) is 2. The first-order valence-electron chi connectivity index (χ1n) is 3.79. The Morgan fingerprint density at radius 1 is 1.18 bits per heavy atom. The number of aromatic nitrogens is 1. The van der Waals surface area contributed by atoms with Crippen LogP contribution in [0.5, 0.6) is 0 Å². The van der Waals surface area contributed by atoms with Gasteiger partial charge in [0.05, 0.1) is 0 Å². The van der Waals surface area contributed by atoms with Crippen molar-refractivity contribution in [1.29, 1.82) is 0 Å². The van der Waals surface area contributed by atoms with Crippen LogP contribution < -0.4 is 10.5 Å². The molecular formula is C8H11N3. The predicted octanol–water partition coefficient (Wildman–Crippen LogP) is 0.848. The summed E-state index contributed by atoms with van der Waals surface area (Å²) in [5.41, 5.74) is 3.23. The van der Waals surface area contributed by atoms with Crippen LogP contribution in [0.2, 0.25) is 0 Å². The molecule has 0 saturated carbocycles. The molecule has 0 unspecified atom stereocenters. The van der Waals surface area contributed by atoms with E-state index in [1.807, 2.05) is 40.5 Å². The highest BCUT2D eigenvalue weighted by Gasteiger charge is 2.01. The van der Waals surface area contributed by atoms with Gasteiger partial charge in [-0.2, -0.15) is 0 Å². The van der Waals surface area contributed by atoms with E-state index < -0.39 is 0 Å². The molecule has 0 bridgehead atoms. The predicted molar refractivity (Wildman–Crippen MR) is 44.4 cm³/mol. The van der Waals surface area contributed by atoms with E-state index in [1.165, 1.54) is 0 Å². The lowest BCUT2D eigenvalue weighted by Gasteiger charge is -2.24. The number of rotatable bonds is 1. The van der Waals surface area contributed by atoms with Crippen LogP contribution in [0.25, 0.3) is 0 Å². The van der Waals surface area contributed by atoms with E-state index in [0.717, 1.165) is 13.0 Å². The summed E-state index contributed by atoms with van der Waals surface area (Å²) in [4.78, 5) is 0. The van der Waals surface area contributed by atoms with Crippen molar-refractivity contribution in [1.82, 2.24) is 10.1 Å². The maximum atomic E-state index is 3.23. The fraction of sp³-hybridized carbons (Fsp3) is 0.250. The molecular weight excluding hydrogens is 138 g/mol. The summed E-state index contributed by atoms with van der Waals surface area (Å²) in [5, 5.41) is 1.96. The summed E-state index contributed by atoms with van der Waals surface area (Å²) in [5.74, 6) is 0. The van der Waals surface area contributed by atoms with Gasteiger partial charge >= 0.3 is 0 Å². The molecule has 2 heterocycles. The molecule has 1 N–H and O–H groups in total. The molecule has 2 rings (SSSR count). The number of nitrogens with zero attached hydrogens (tertiary/aromatic N) is 2. The lowest BCUT2D eigenvalue weighted by Crippen LogP contribution is -2.43. The van der Waals surface area contributed by atoms with Crippen molar-refractivity contribution >= 4 is 0 Å². The van der Waals surface area contributed by atoms with Crippen molar-refractivity contribution in [3.63, 3.8) is 0 Å². The number of hydrogen-bond donors (Lipinski definition) is 1. The van der Waals surface area contributed by atoms with Crippen LogP contribution in [0.1, 0.15) is 6.42 Å². The van der Waals surface area contributed by atoms with Crippen molar-refractivity contribution in [2.45, 2.75) is 6.42 Å². The van der Waals surface area contributed by atoms with E-state index in [1.54, 1.807) is 0 Å². The van der Waals surface area contributed by atoms with E-state index >= 15 is 0 Å². The van der Waals surface area contributed by atoms with Gasteiger partial charge in [-0.25, -0.2) is 10.5 Å². The van der Waals surface area contributed by atoms with Gasteiger partial charge in [0.2, 0.25) is 0 Å². The van der Waals surface area contributed by atoms with Gasteiger partial charge in [0.25, 0.3) is 0 Å². The van der Waals surface area contributed by atoms with Crippen molar-refractivity contribution in [3.8, 4) is 0 Å². The summed E-state index contributed by atoms with van der Waals surface area (Å²) < 4.78 is 2.00. The van der Waals surface area contributed by atoms with Crippen LogP contribution >= 0.6 is 0 Å². The van der Waals surface area contributed by atoms with Crippen LogP contribution in [0.15, 0.2) is 36.8 Å². The maximum absolute atomic E-state index is 3.23. The van der Waals surface area contributed by atoms with Crippen LogP contribution in [-0.2, 0) is 0 Å². The number of nitrogens with one attached hydrogen (secondary N) is 1. The molecule has 0 radical (unpaired) electrons. The van der Waals surface area contributed by atoms with Gasteiger partial charge in [-0.15, -0.1) is 0 Å². The maximum Gasteiger partial charge on any atom is 0.0361 e. The van der Waals surface area contributed by atoms with Gasteiger partial charge in [0.1, 0.15) is 0 Å². The molecule has 1 aliphatic heterocycles. The first-order chi connectivity index (χ1) is 5.47. The summed E-state index contributed by atoms with van der Waals surface area (Å²) in [6, 6.07) is 4.01. The minimum absolute atomic E-state index is 1.01. The molecule has 58 valence electrons. The van der Waals surface area contributed by atoms with Crippen molar-refractivity contribution in [2.75, 3.05) is 11.7 Å². The molecule has 0 fully saturated rings. The standard InChI is InChI=1S/C8H11N3/c1-2-8-11(9-5-1)10-6-3-4-7-10/h2-4,6-9H,1,5H2. The van der Waals surface area contributed by atoms with E-state index in [2.05, 4.69) is 11.5 Å². The number of hydrazine groups is 1. The highest BCUT2D eigenvalue weighted by Crippen LogP contribution is 1.96. The summed E-state index contributed by atoms with van der Waals surface area (Å²) >= 11 is 0. The second-order valence-corrected chi connectivity index (χ2v) is 2.49. The molecule has 0 saturated heterocycles. The largest absolute Gasteiger partial charge is 0.254 e. The molecule has 0 amide bonds. The fourth-order valence-electron chi connectivity index (χ4n) is 1.12. The van der Waals surface area contributed by atoms with Gasteiger partial charge in [-0.05, 0) is 18.6 Å². The van der Waals surface area contributed by atoms with Gasteiger partial charge in [0, 0.05) is 25.1 Å². The minimum Gasteiger partial charge on any atom is -0.254 e. The zero-order valence-electron chi connectivity index (χ0n) is 6.27. The molecule has 0 atom stereocenters. The Morgan fingerprint density at radius 2 is 2.00 bits per heavy atom. The molecule has 0 aromatic carbocycles. The van der Waals surface area contributed by atoms with Gasteiger partial charge in [-0.3, -0.25) is 4.68 Å². The monoisotopic (exact) mass is 149 g/mol. The molecule has 3 heteroatoms. The Morgan fingerprint density at radius 3 is 2.64 bits per heavy atom. The normalized spacial score (nSPS) is 17.3. The Kier molecular flexibility index (Phi) is 1.65. The highest BCUT2D eigenvalue weighted by molar-refractivity contribution is 5.05. The highest BCUT2D eigenvalue weighted by atomic mass is 15.7. The summed E-state index contributed by atoms with van der Waals surface area (Å²) in [6.07, 6.45) is 9.29. The Balaban J connectivity index is 2.16. The Bertz CT molecular complexity index is 238. The topological polar surface area (TPSA) is 20.2 Å². The average molecular weight is 149 g/mol. The molecule has 11 heavy (non-hydrogen) atoms. The second-order valence-electron chi connectivity index (χ2n) is 2.49. The molecule has 1 aromatic heterocycles. The third kappa shape index (κ3) is 1.28. The Labute approximate surface area is 65.9 Å². The lowest BCUT2D eigenvalue weighted by atomic mass is 10.4. The van der Waals surface area contributed by atoms with E-state index in [0.29, 0.717) is 0 Å². The molecule has 1 aliphatic rings. The zero-order chi connectivity index (χ0) is 7.52. The molecule has 0 aliphatic carbocycles. The van der Waals surface area contributed by atoms with E-state index in [4.69, 9.17) is 0 Å². The van der Waals surface area contributed by atoms with Crippen LogP contribution in [0, 0.1) is 0 Å². The molecule has 1 aromatic rings. The van der Waals surface area contributed by atoms with E-state index in [9.17, 15) is 0 Å². The quantitative estimate of drug-likeness (QED) is 0.638. The molecule has 3 nitrogen and oxygen atoms in total. The first-order valence-corrected chi connectivity index (χ1v) is 3.79. The average Bonchev–Trinajstić information content (AvgIpc) is 2.58. The van der Waals surface area contributed by atoms with E-state index in [-0.39, 0.29) is 0 Å². The SMILES string of the molecule is C1=CN(n2cccc2)NCC1. The Hall–Kier alpha value is -1.22.